The number of halogens is 2. The average Bonchev–Trinajstić information content (AvgIpc) is 2.41. The minimum absolute atomic E-state index is 0.201. The van der Waals surface area contributed by atoms with E-state index in [0.717, 1.165) is 35.5 Å². The molecule has 1 aliphatic heterocycles. The standard InChI is InChI=1S/C16H17ClFN/c1-4-12-10-13(18)6-7-14(12)16-9-8-15(17)11(3)19(16)5-2/h6-10H,3-5H2,1-2H3. The van der Waals surface area contributed by atoms with Gasteiger partial charge in [0.25, 0.3) is 0 Å². The van der Waals surface area contributed by atoms with Crippen LogP contribution in [0.15, 0.2) is 47.7 Å². The summed E-state index contributed by atoms with van der Waals surface area (Å²) in [6, 6.07) is 4.90. The summed E-state index contributed by atoms with van der Waals surface area (Å²) < 4.78 is 13.3. The maximum absolute atomic E-state index is 13.3. The molecule has 1 nitrogen and oxygen atoms in total. The number of likely N-dealkylation sites (N-methyl/N-ethyl adjacent to an activating group) is 1. The normalized spacial score (nSPS) is 15.4. The number of aryl methyl sites for hydroxylation is 1. The van der Waals surface area contributed by atoms with Crippen LogP contribution < -0.4 is 0 Å². The third-order valence-electron chi connectivity index (χ3n) is 3.32. The molecule has 0 amide bonds. The molecule has 0 radical (unpaired) electrons. The second kappa shape index (κ2) is 5.62. The molecule has 0 unspecified atom stereocenters. The number of nitrogens with zero attached hydrogens (tertiary/aromatic N) is 1. The van der Waals surface area contributed by atoms with Crippen LogP contribution in [0.5, 0.6) is 0 Å². The van der Waals surface area contributed by atoms with Crippen molar-refractivity contribution in [3.05, 3.63) is 64.6 Å². The first-order valence-corrected chi connectivity index (χ1v) is 6.79. The molecule has 0 N–H and O–H groups in total. The van der Waals surface area contributed by atoms with E-state index in [4.69, 9.17) is 11.6 Å². The first-order chi connectivity index (χ1) is 9.08. The fourth-order valence-electron chi connectivity index (χ4n) is 2.31. The molecule has 0 atom stereocenters. The summed E-state index contributed by atoms with van der Waals surface area (Å²) in [6.07, 6.45) is 4.59. The van der Waals surface area contributed by atoms with E-state index >= 15 is 0 Å². The summed E-state index contributed by atoms with van der Waals surface area (Å²) in [7, 11) is 0. The molecule has 0 aliphatic carbocycles. The molecule has 1 aromatic rings. The molecule has 0 saturated heterocycles. The van der Waals surface area contributed by atoms with Gasteiger partial charge in [0.2, 0.25) is 0 Å². The van der Waals surface area contributed by atoms with E-state index in [1.165, 1.54) is 6.07 Å². The number of rotatable bonds is 3. The van der Waals surface area contributed by atoms with E-state index in [1.54, 1.807) is 6.07 Å². The van der Waals surface area contributed by atoms with Crippen LogP contribution in [-0.2, 0) is 6.42 Å². The Morgan fingerprint density at radius 1 is 1.26 bits per heavy atom. The van der Waals surface area contributed by atoms with Crippen molar-refractivity contribution in [3.63, 3.8) is 0 Å². The largest absolute Gasteiger partial charge is 0.341 e. The second-order valence-electron chi connectivity index (χ2n) is 4.41. The maximum atomic E-state index is 13.3. The molecule has 0 spiro atoms. The van der Waals surface area contributed by atoms with Crippen LogP contribution in [0.4, 0.5) is 4.39 Å². The third kappa shape index (κ3) is 2.59. The van der Waals surface area contributed by atoms with Gasteiger partial charge in [0.05, 0.1) is 10.7 Å². The molecular formula is C16H17ClFN. The van der Waals surface area contributed by atoms with Gasteiger partial charge in [-0.3, -0.25) is 0 Å². The Hall–Kier alpha value is -1.54. The summed E-state index contributed by atoms with van der Waals surface area (Å²) in [4.78, 5) is 2.05. The Balaban J connectivity index is 2.54. The van der Waals surface area contributed by atoms with Crippen molar-refractivity contribution >= 4 is 17.3 Å². The van der Waals surface area contributed by atoms with Gasteiger partial charge in [0, 0.05) is 17.8 Å². The fourth-order valence-corrected chi connectivity index (χ4v) is 2.48. The third-order valence-corrected chi connectivity index (χ3v) is 3.66. The zero-order chi connectivity index (χ0) is 14.0. The first-order valence-electron chi connectivity index (χ1n) is 6.41. The highest BCUT2D eigenvalue weighted by atomic mass is 35.5. The van der Waals surface area contributed by atoms with E-state index < -0.39 is 0 Å². The Morgan fingerprint density at radius 2 is 2.00 bits per heavy atom. The molecule has 2 rings (SSSR count). The lowest BCUT2D eigenvalue weighted by molar-refractivity contribution is 0.526. The van der Waals surface area contributed by atoms with Crippen LogP contribution in [0, 0.1) is 5.82 Å². The molecular weight excluding hydrogens is 261 g/mol. The Bertz CT molecular complexity index is 572. The van der Waals surface area contributed by atoms with E-state index in [-0.39, 0.29) is 5.82 Å². The van der Waals surface area contributed by atoms with Gasteiger partial charge in [0.1, 0.15) is 5.82 Å². The average molecular weight is 278 g/mol. The molecule has 0 aromatic heterocycles. The van der Waals surface area contributed by atoms with Crippen molar-refractivity contribution in [2.45, 2.75) is 20.3 Å². The lowest BCUT2D eigenvalue weighted by atomic mass is 9.99. The Morgan fingerprint density at radius 3 is 2.63 bits per heavy atom. The van der Waals surface area contributed by atoms with Gasteiger partial charge >= 0.3 is 0 Å². The van der Waals surface area contributed by atoms with Crippen LogP contribution in [0.1, 0.15) is 25.0 Å². The lowest BCUT2D eigenvalue weighted by Gasteiger charge is -2.31. The topological polar surface area (TPSA) is 3.24 Å². The van der Waals surface area contributed by atoms with E-state index in [0.29, 0.717) is 5.03 Å². The first kappa shape index (κ1) is 13.9. The summed E-state index contributed by atoms with van der Waals surface area (Å²) in [6.45, 7) is 8.85. The van der Waals surface area contributed by atoms with Crippen molar-refractivity contribution in [2.24, 2.45) is 0 Å². The Labute approximate surface area is 118 Å². The minimum atomic E-state index is -0.201. The molecule has 1 heterocycles. The fraction of sp³-hybridized carbons (Fsp3) is 0.250. The molecule has 3 heteroatoms. The number of allylic oxidation sites excluding steroid dienone is 3. The summed E-state index contributed by atoms with van der Waals surface area (Å²) in [5.41, 5.74) is 3.83. The van der Waals surface area contributed by atoms with Crippen molar-refractivity contribution in [2.75, 3.05) is 6.54 Å². The monoisotopic (exact) mass is 277 g/mol. The van der Waals surface area contributed by atoms with Crippen molar-refractivity contribution in [1.82, 2.24) is 4.90 Å². The van der Waals surface area contributed by atoms with Gasteiger partial charge in [0.15, 0.2) is 0 Å². The molecule has 1 aliphatic rings. The zero-order valence-electron chi connectivity index (χ0n) is 11.2. The highest BCUT2D eigenvalue weighted by Gasteiger charge is 2.20. The van der Waals surface area contributed by atoms with Gasteiger partial charge in [-0.2, -0.15) is 0 Å². The van der Waals surface area contributed by atoms with E-state index in [1.807, 2.05) is 32.1 Å². The second-order valence-corrected chi connectivity index (χ2v) is 4.82. The smallest absolute Gasteiger partial charge is 0.123 e. The van der Waals surface area contributed by atoms with Crippen LogP contribution in [0.2, 0.25) is 0 Å². The van der Waals surface area contributed by atoms with Crippen molar-refractivity contribution < 1.29 is 4.39 Å². The van der Waals surface area contributed by atoms with Crippen LogP contribution in [0.3, 0.4) is 0 Å². The molecule has 0 saturated carbocycles. The van der Waals surface area contributed by atoms with E-state index in [9.17, 15) is 4.39 Å². The summed E-state index contributed by atoms with van der Waals surface area (Å²) in [5, 5.41) is 0.644. The van der Waals surface area contributed by atoms with Crippen LogP contribution in [-0.4, -0.2) is 11.4 Å². The van der Waals surface area contributed by atoms with Crippen LogP contribution >= 0.6 is 11.6 Å². The van der Waals surface area contributed by atoms with Gasteiger partial charge < -0.3 is 4.90 Å². The molecule has 0 fully saturated rings. The van der Waals surface area contributed by atoms with E-state index in [2.05, 4.69) is 11.5 Å². The maximum Gasteiger partial charge on any atom is 0.123 e. The van der Waals surface area contributed by atoms with Gasteiger partial charge in [-0.05, 0) is 49.3 Å². The van der Waals surface area contributed by atoms with Gasteiger partial charge in [-0.15, -0.1) is 0 Å². The van der Waals surface area contributed by atoms with Crippen LogP contribution in [0.25, 0.3) is 5.70 Å². The summed E-state index contributed by atoms with van der Waals surface area (Å²) in [5.74, 6) is -0.201. The predicted octanol–water partition coefficient (Wildman–Crippen LogP) is 4.70. The number of benzene rings is 1. The predicted molar refractivity (Wildman–Crippen MR) is 79.2 cm³/mol. The minimum Gasteiger partial charge on any atom is -0.341 e. The highest BCUT2D eigenvalue weighted by molar-refractivity contribution is 6.32. The lowest BCUT2D eigenvalue weighted by Crippen LogP contribution is -2.23. The Kier molecular flexibility index (Phi) is 4.11. The highest BCUT2D eigenvalue weighted by Crippen LogP contribution is 2.33. The van der Waals surface area contributed by atoms with Crippen molar-refractivity contribution in [1.29, 1.82) is 0 Å². The number of hydrogen-bond acceptors (Lipinski definition) is 1. The number of hydrogen-bond donors (Lipinski definition) is 0. The molecule has 100 valence electrons. The molecule has 0 bridgehead atoms. The zero-order valence-corrected chi connectivity index (χ0v) is 12.0. The van der Waals surface area contributed by atoms with Gasteiger partial charge in [-0.25, -0.2) is 4.39 Å². The molecule has 1 aromatic carbocycles. The van der Waals surface area contributed by atoms with Crippen molar-refractivity contribution in [3.8, 4) is 0 Å². The van der Waals surface area contributed by atoms with Gasteiger partial charge in [-0.1, -0.05) is 25.1 Å². The summed E-state index contributed by atoms with van der Waals surface area (Å²) >= 11 is 6.11. The molecule has 19 heavy (non-hydrogen) atoms. The SMILES string of the molecule is C=C1C(Cl)=CC=C(c2ccc(F)cc2CC)N1CC. The quantitative estimate of drug-likeness (QED) is 0.774.